The number of thioether (sulfide) groups is 1. The van der Waals surface area contributed by atoms with E-state index in [4.69, 9.17) is 4.74 Å². The lowest BCUT2D eigenvalue weighted by Crippen LogP contribution is -2.18. The van der Waals surface area contributed by atoms with Crippen LogP contribution in [0.4, 0.5) is 0 Å². The minimum atomic E-state index is -0.267. The topological polar surface area (TPSA) is 43.4 Å². The van der Waals surface area contributed by atoms with Crippen LogP contribution in [0, 0.1) is 12.8 Å². The zero-order valence-corrected chi connectivity index (χ0v) is 13.7. The van der Waals surface area contributed by atoms with Crippen molar-refractivity contribution in [3.8, 4) is 0 Å². The number of carbonyl (C=O) groups is 2. The minimum Gasteiger partial charge on any atom is -0.465 e. The summed E-state index contributed by atoms with van der Waals surface area (Å²) in [5.41, 5.74) is 2.88. The number of rotatable bonds is 4. The molecule has 0 bridgehead atoms. The van der Waals surface area contributed by atoms with Gasteiger partial charge in [-0.25, -0.2) is 0 Å². The molecule has 1 fully saturated rings. The quantitative estimate of drug-likeness (QED) is 0.801. The number of carbonyl (C=O) groups excluding carboxylic acids is 2. The lowest BCUT2D eigenvalue weighted by Gasteiger charge is -2.14. The minimum absolute atomic E-state index is 0.00323. The summed E-state index contributed by atoms with van der Waals surface area (Å²) in [5, 5.41) is -0.00323. The third kappa shape index (κ3) is 3.64. The van der Waals surface area contributed by atoms with Gasteiger partial charge < -0.3 is 4.74 Å². The van der Waals surface area contributed by atoms with Crippen LogP contribution in [-0.4, -0.2) is 23.4 Å². The molecule has 0 aliphatic carbocycles. The SMILES string of the molecule is Cc1ccc(C(=O)SCC2C(=O)OCC2c2ccccc2)cc1. The lowest BCUT2D eigenvalue weighted by atomic mass is 9.90. The average Bonchev–Trinajstić information content (AvgIpc) is 2.95. The molecule has 0 saturated carbocycles. The Labute approximate surface area is 140 Å². The zero-order chi connectivity index (χ0) is 16.2. The van der Waals surface area contributed by atoms with Crippen LogP contribution in [0.5, 0.6) is 0 Å². The van der Waals surface area contributed by atoms with Crippen molar-refractivity contribution >= 4 is 22.8 Å². The summed E-state index contributed by atoms with van der Waals surface area (Å²) in [4.78, 5) is 24.3. The van der Waals surface area contributed by atoms with Gasteiger partial charge in [-0.05, 0) is 12.5 Å². The van der Waals surface area contributed by atoms with E-state index in [2.05, 4.69) is 0 Å². The molecule has 23 heavy (non-hydrogen) atoms. The van der Waals surface area contributed by atoms with Crippen LogP contribution in [0.1, 0.15) is 27.4 Å². The predicted molar refractivity (Wildman–Crippen MR) is 91.6 cm³/mol. The molecule has 1 aliphatic rings. The van der Waals surface area contributed by atoms with Crippen LogP contribution in [0.3, 0.4) is 0 Å². The molecule has 4 heteroatoms. The van der Waals surface area contributed by atoms with Crippen molar-refractivity contribution in [2.24, 2.45) is 5.92 Å². The van der Waals surface area contributed by atoms with Gasteiger partial charge in [0.25, 0.3) is 0 Å². The first kappa shape index (κ1) is 15.8. The number of hydrogen-bond donors (Lipinski definition) is 0. The third-order valence-corrected chi connectivity index (χ3v) is 5.13. The largest absolute Gasteiger partial charge is 0.465 e. The molecule has 0 radical (unpaired) electrons. The summed E-state index contributed by atoms with van der Waals surface area (Å²) < 4.78 is 5.22. The summed E-state index contributed by atoms with van der Waals surface area (Å²) in [6, 6.07) is 17.4. The fraction of sp³-hybridized carbons (Fsp3) is 0.263. The van der Waals surface area contributed by atoms with Gasteiger partial charge in [-0.15, -0.1) is 0 Å². The summed E-state index contributed by atoms with van der Waals surface area (Å²) in [7, 11) is 0. The highest BCUT2D eigenvalue weighted by molar-refractivity contribution is 8.14. The Morgan fingerprint density at radius 1 is 1.13 bits per heavy atom. The average molecular weight is 326 g/mol. The van der Waals surface area contributed by atoms with E-state index in [0.29, 0.717) is 17.9 Å². The van der Waals surface area contributed by atoms with Crippen LogP contribution in [0.25, 0.3) is 0 Å². The van der Waals surface area contributed by atoms with E-state index < -0.39 is 0 Å². The van der Waals surface area contributed by atoms with Gasteiger partial charge in [0.2, 0.25) is 5.12 Å². The highest BCUT2D eigenvalue weighted by atomic mass is 32.2. The Morgan fingerprint density at radius 3 is 2.52 bits per heavy atom. The van der Waals surface area contributed by atoms with Crippen molar-refractivity contribution < 1.29 is 14.3 Å². The van der Waals surface area contributed by atoms with Gasteiger partial charge in [0, 0.05) is 17.2 Å². The van der Waals surface area contributed by atoms with E-state index in [0.717, 1.165) is 11.1 Å². The first-order valence-corrected chi connectivity index (χ1v) is 8.59. The van der Waals surface area contributed by atoms with Gasteiger partial charge in [0.05, 0.1) is 12.5 Å². The molecule has 0 aromatic heterocycles. The zero-order valence-electron chi connectivity index (χ0n) is 12.9. The standard InChI is InChI=1S/C19H18O3S/c1-13-7-9-15(10-8-13)19(21)23-12-17-16(11-22-18(17)20)14-5-3-2-4-6-14/h2-10,16-17H,11-12H2,1H3. The maximum absolute atomic E-state index is 12.3. The van der Waals surface area contributed by atoms with E-state index in [1.54, 1.807) is 0 Å². The Hall–Kier alpha value is -2.07. The van der Waals surface area contributed by atoms with Gasteiger partial charge in [0.15, 0.2) is 0 Å². The maximum atomic E-state index is 12.3. The van der Waals surface area contributed by atoms with Gasteiger partial charge in [-0.1, -0.05) is 71.9 Å². The number of hydrogen-bond acceptors (Lipinski definition) is 4. The van der Waals surface area contributed by atoms with Gasteiger partial charge >= 0.3 is 5.97 Å². The molecule has 1 saturated heterocycles. The molecule has 0 spiro atoms. The van der Waals surface area contributed by atoms with E-state index in [-0.39, 0.29) is 22.9 Å². The summed E-state index contributed by atoms with van der Waals surface area (Å²) >= 11 is 1.20. The molecular weight excluding hydrogens is 308 g/mol. The molecule has 1 aliphatic heterocycles. The van der Waals surface area contributed by atoms with E-state index in [1.807, 2.05) is 61.5 Å². The summed E-state index contributed by atoms with van der Waals surface area (Å²) in [6.07, 6.45) is 0. The van der Waals surface area contributed by atoms with Crippen molar-refractivity contribution in [2.45, 2.75) is 12.8 Å². The van der Waals surface area contributed by atoms with E-state index >= 15 is 0 Å². The fourth-order valence-electron chi connectivity index (χ4n) is 2.71. The Morgan fingerprint density at radius 2 is 1.83 bits per heavy atom. The number of ether oxygens (including phenoxy) is 1. The molecule has 2 aromatic rings. The second kappa shape index (κ2) is 7.01. The van der Waals surface area contributed by atoms with Gasteiger partial charge in [-0.3, -0.25) is 9.59 Å². The highest BCUT2D eigenvalue weighted by Crippen LogP contribution is 2.34. The normalized spacial score (nSPS) is 20.3. The second-order valence-corrected chi connectivity index (χ2v) is 6.71. The maximum Gasteiger partial charge on any atom is 0.310 e. The van der Waals surface area contributed by atoms with Crippen molar-refractivity contribution in [3.63, 3.8) is 0 Å². The summed E-state index contributed by atoms with van der Waals surface area (Å²) in [6.45, 7) is 2.38. The molecule has 0 amide bonds. The summed E-state index contributed by atoms with van der Waals surface area (Å²) in [5.74, 6) is 0.00680. The van der Waals surface area contributed by atoms with E-state index in [1.165, 1.54) is 11.8 Å². The molecule has 2 aromatic carbocycles. The van der Waals surface area contributed by atoms with Crippen LogP contribution in [0.15, 0.2) is 54.6 Å². The molecule has 118 valence electrons. The fourth-order valence-corrected chi connectivity index (χ4v) is 3.71. The Kier molecular flexibility index (Phi) is 4.82. The smallest absolute Gasteiger partial charge is 0.310 e. The molecular formula is C19H18O3S. The number of esters is 1. The first-order valence-electron chi connectivity index (χ1n) is 7.60. The number of cyclic esters (lactones) is 1. The molecule has 2 unspecified atom stereocenters. The van der Waals surface area contributed by atoms with Crippen molar-refractivity contribution in [1.29, 1.82) is 0 Å². The molecule has 0 N–H and O–H groups in total. The third-order valence-electron chi connectivity index (χ3n) is 4.10. The van der Waals surface area contributed by atoms with Crippen LogP contribution >= 0.6 is 11.8 Å². The predicted octanol–water partition coefficient (Wildman–Crippen LogP) is 3.83. The monoisotopic (exact) mass is 326 g/mol. The second-order valence-electron chi connectivity index (χ2n) is 5.72. The van der Waals surface area contributed by atoms with Crippen LogP contribution in [-0.2, 0) is 9.53 Å². The number of aryl methyl sites for hydroxylation is 1. The Bertz CT molecular complexity index is 694. The molecule has 3 nitrogen and oxygen atoms in total. The van der Waals surface area contributed by atoms with E-state index in [9.17, 15) is 9.59 Å². The first-order chi connectivity index (χ1) is 11.1. The molecule has 2 atom stereocenters. The van der Waals surface area contributed by atoms with Crippen LogP contribution in [0.2, 0.25) is 0 Å². The highest BCUT2D eigenvalue weighted by Gasteiger charge is 2.38. The molecule has 3 rings (SSSR count). The van der Waals surface area contributed by atoms with Gasteiger partial charge in [-0.2, -0.15) is 0 Å². The van der Waals surface area contributed by atoms with Crippen molar-refractivity contribution in [2.75, 3.05) is 12.4 Å². The van der Waals surface area contributed by atoms with Crippen LogP contribution < -0.4 is 0 Å². The van der Waals surface area contributed by atoms with Crippen molar-refractivity contribution in [3.05, 3.63) is 71.3 Å². The van der Waals surface area contributed by atoms with Crippen molar-refractivity contribution in [1.82, 2.24) is 0 Å². The number of benzene rings is 2. The molecule has 1 heterocycles. The van der Waals surface area contributed by atoms with Gasteiger partial charge in [0.1, 0.15) is 0 Å². The lowest BCUT2D eigenvalue weighted by molar-refractivity contribution is -0.140. The Balaban J connectivity index is 1.67.